The van der Waals surface area contributed by atoms with Crippen LogP contribution in [0.5, 0.6) is 0 Å². The van der Waals surface area contributed by atoms with Crippen molar-refractivity contribution >= 4 is 11.9 Å². The van der Waals surface area contributed by atoms with Crippen LogP contribution in [0.2, 0.25) is 0 Å². The molecule has 0 unspecified atom stereocenters. The molecule has 0 fully saturated rings. The Kier molecular flexibility index (Phi) is 6.67. The fourth-order valence-corrected chi connectivity index (χ4v) is 1.22. The summed E-state index contributed by atoms with van der Waals surface area (Å²) >= 11 is 0. The van der Waals surface area contributed by atoms with E-state index >= 15 is 0 Å². The molecule has 0 rings (SSSR count). The average molecular weight is 231 g/mol. The van der Waals surface area contributed by atoms with E-state index in [9.17, 15) is 9.59 Å². The van der Waals surface area contributed by atoms with Crippen LogP contribution < -0.4 is 16.8 Å². The van der Waals surface area contributed by atoms with Crippen molar-refractivity contribution in [3.8, 4) is 0 Å². The number of rotatable bonds is 7. The van der Waals surface area contributed by atoms with Crippen molar-refractivity contribution in [1.82, 2.24) is 5.32 Å². The van der Waals surface area contributed by atoms with Gasteiger partial charge in [-0.3, -0.25) is 9.59 Å². The summed E-state index contributed by atoms with van der Waals surface area (Å²) in [6.07, 6.45) is 0.812. The van der Waals surface area contributed by atoms with E-state index in [-0.39, 0.29) is 18.9 Å². The molecule has 0 spiro atoms. The second-order valence-corrected chi connectivity index (χ2v) is 4.26. The Morgan fingerprint density at radius 3 is 2.25 bits per heavy atom. The quantitative estimate of drug-likeness (QED) is 0.461. The molecule has 1 amide bonds. The predicted octanol–water partition coefficient (Wildman–Crippen LogP) is -0.722. The summed E-state index contributed by atoms with van der Waals surface area (Å²) in [7, 11) is 0. The van der Waals surface area contributed by atoms with E-state index in [1.807, 2.05) is 13.8 Å². The monoisotopic (exact) mass is 231 g/mol. The topological polar surface area (TPSA) is 118 Å². The third kappa shape index (κ3) is 6.36. The lowest BCUT2D eigenvalue weighted by Gasteiger charge is -2.14. The van der Waals surface area contributed by atoms with Gasteiger partial charge < -0.3 is 21.9 Å². The van der Waals surface area contributed by atoms with Crippen molar-refractivity contribution in [2.45, 2.75) is 38.8 Å². The molecule has 0 heterocycles. The maximum absolute atomic E-state index is 11.4. The van der Waals surface area contributed by atoms with Crippen molar-refractivity contribution in [2.75, 3.05) is 6.54 Å². The van der Waals surface area contributed by atoms with Gasteiger partial charge >= 0.3 is 5.97 Å². The zero-order valence-electron chi connectivity index (χ0n) is 9.77. The molecule has 94 valence electrons. The van der Waals surface area contributed by atoms with Gasteiger partial charge in [-0.2, -0.15) is 0 Å². The molecular weight excluding hydrogens is 210 g/mol. The number of nitrogens with one attached hydrogen (secondary N) is 1. The smallest absolute Gasteiger partial charge is 0.320 e. The summed E-state index contributed by atoms with van der Waals surface area (Å²) in [5, 5.41) is 11.1. The Bertz CT molecular complexity index is 243. The van der Waals surface area contributed by atoms with Crippen LogP contribution >= 0.6 is 0 Å². The highest BCUT2D eigenvalue weighted by Crippen LogP contribution is 2.02. The number of aliphatic carboxylic acids is 1. The molecule has 0 aromatic carbocycles. The van der Waals surface area contributed by atoms with Gasteiger partial charge in [0.2, 0.25) is 5.91 Å². The van der Waals surface area contributed by atoms with Gasteiger partial charge in [-0.25, -0.2) is 0 Å². The summed E-state index contributed by atoms with van der Waals surface area (Å²) in [6, 6.07) is -1.48. The number of hydrogen-bond donors (Lipinski definition) is 4. The number of carbonyl (C=O) groups excluding carboxylic acids is 1. The first-order chi connectivity index (χ1) is 7.34. The van der Waals surface area contributed by atoms with Crippen LogP contribution in [0.4, 0.5) is 0 Å². The van der Waals surface area contributed by atoms with Crippen molar-refractivity contribution in [3.63, 3.8) is 0 Å². The molecule has 6 N–H and O–H groups in total. The number of carboxylic acids is 1. The SMILES string of the molecule is CC(C)C[C@H](N)C(=O)NCC[C@H](N)C(=O)O. The number of amides is 1. The maximum Gasteiger partial charge on any atom is 0.320 e. The number of carboxylic acid groups (broad SMARTS) is 1. The summed E-state index contributed by atoms with van der Waals surface area (Å²) in [6.45, 7) is 4.19. The second-order valence-electron chi connectivity index (χ2n) is 4.26. The summed E-state index contributed by atoms with van der Waals surface area (Å²) < 4.78 is 0. The lowest BCUT2D eigenvalue weighted by molar-refractivity contribution is -0.138. The molecule has 6 heteroatoms. The van der Waals surface area contributed by atoms with Crippen LogP contribution in [-0.4, -0.2) is 35.6 Å². The van der Waals surface area contributed by atoms with E-state index in [4.69, 9.17) is 16.6 Å². The zero-order chi connectivity index (χ0) is 12.7. The third-order valence-electron chi connectivity index (χ3n) is 2.13. The predicted molar refractivity (Wildman–Crippen MR) is 60.7 cm³/mol. The molecule has 0 saturated carbocycles. The van der Waals surface area contributed by atoms with Crippen LogP contribution in [0.25, 0.3) is 0 Å². The van der Waals surface area contributed by atoms with Gasteiger partial charge in [0.25, 0.3) is 0 Å². The van der Waals surface area contributed by atoms with Gasteiger partial charge in [-0.15, -0.1) is 0 Å². The van der Waals surface area contributed by atoms with Gasteiger partial charge in [0.1, 0.15) is 6.04 Å². The molecule has 0 bridgehead atoms. The Morgan fingerprint density at radius 2 is 1.81 bits per heavy atom. The average Bonchev–Trinajstić information content (AvgIpc) is 2.15. The minimum absolute atomic E-state index is 0.204. The molecule has 16 heavy (non-hydrogen) atoms. The van der Waals surface area contributed by atoms with Crippen molar-refractivity contribution in [2.24, 2.45) is 17.4 Å². The molecule has 0 aromatic heterocycles. The molecule has 0 aromatic rings. The van der Waals surface area contributed by atoms with E-state index in [0.717, 1.165) is 0 Å². The Balaban J connectivity index is 3.77. The first kappa shape index (κ1) is 14.9. The van der Waals surface area contributed by atoms with E-state index in [0.29, 0.717) is 12.3 Å². The van der Waals surface area contributed by atoms with Crippen molar-refractivity contribution in [3.05, 3.63) is 0 Å². The highest BCUT2D eigenvalue weighted by molar-refractivity contribution is 5.81. The molecule has 0 aliphatic heterocycles. The Labute approximate surface area is 95.4 Å². The van der Waals surface area contributed by atoms with Crippen LogP contribution in [0.15, 0.2) is 0 Å². The summed E-state index contributed by atoms with van der Waals surface area (Å²) in [5.74, 6) is -0.978. The van der Waals surface area contributed by atoms with Crippen molar-refractivity contribution < 1.29 is 14.7 Å². The fourth-order valence-electron chi connectivity index (χ4n) is 1.22. The number of hydrogen-bond acceptors (Lipinski definition) is 4. The third-order valence-corrected chi connectivity index (χ3v) is 2.13. The molecule has 0 radical (unpaired) electrons. The highest BCUT2D eigenvalue weighted by Gasteiger charge is 2.16. The molecule has 0 saturated heterocycles. The zero-order valence-corrected chi connectivity index (χ0v) is 9.77. The highest BCUT2D eigenvalue weighted by atomic mass is 16.4. The summed E-state index contributed by atoms with van der Waals surface area (Å²) in [4.78, 5) is 21.8. The molecular formula is C10H21N3O3. The van der Waals surface area contributed by atoms with Crippen LogP contribution in [0.3, 0.4) is 0 Å². The maximum atomic E-state index is 11.4. The Hall–Kier alpha value is -1.14. The minimum Gasteiger partial charge on any atom is -0.480 e. The van der Waals surface area contributed by atoms with E-state index < -0.39 is 18.1 Å². The fraction of sp³-hybridized carbons (Fsp3) is 0.800. The molecule has 2 atom stereocenters. The van der Waals surface area contributed by atoms with E-state index in [2.05, 4.69) is 5.32 Å². The molecule has 0 aliphatic carbocycles. The van der Waals surface area contributed by atoms with Crippen LogP contribution in [0, 0.1) is 5.92 Å². The lowest BCUT2D eigenvalue weighted by atomic mass is 10.0. The number of carbonyl (C=O) groups is 2. The van der Waals surface area contributed by atoms with Crippen molar-refractivity contribution in [1.29, 1.82) is 0 Å². The van der Waals surface area contributed by atoms with Crippen LogP contribution in [-0.2, 0) is 9.59 Å². The first-order valence-electron chi connectivity index (χ1n) is 5.36. The standard InChI is InChI=1S/C10H21N3O3/c1-6(2)5-8(12)9(14)13-4-3-7(11)10(15)16/h6-8H,3-5,11-12H2,1-2H3,(H,13,14)(H,15,16)/t7-,8-/m0/s1. The van der Waals surface area contributed by atoms with Gasteiger partial charge in [-0.1, -0.05) is 13.8 Å². The van der Waals surface area contributed by atoms with E-state index in [1.165, 1.54) is 0 Å². The minimum atomic E-state index is -1.07. The molecule has 6 nitrogen and oxygen atoms in total. The van der Waals surface area contributed by atoms with Gasteiger partial charge in [-0.05, 0) is 18.8 Å². The number of nitrogens with two attached hydrogens (primary N) is 2. The largest absolute Gasteiger partial charge is 0.480 e. The van der Waals surface area contributed by atoms with Gasteiger partial charge in [0.05, 0.1) is 6.04 Å². The first-order valence-corrected chi connectivity index (χ1v) is 5.36. The normalized spacial score (nSPS) is 14.6. The Morgan fingerprint density at radius 1 is 1.25 bits per heavy atom. The van der Waals surface area contributed by atoms with Gasteiger partial charge in [0.15, 0.2) is 0 Å². The molecule has 0 aliphatic rings. The van der Waals surface area contributed by atoms with Gasteiger partial charge in [0, 0.05) is 6.54 Å². The second kappa shape index (κ2) is 7.19. The summed E-state index contributed by atoms with van der Waals surface area (Å²) in [5.41, 5.74) is 10.9. The van der Waals surface area contributed by atoms with Crippen LogP contribution in [0.1, 0.15) is 26.7 Å². The van der Waals surface area contributed by atoms with E-state index in [1.54, 1.807) is 0 Å². The lowest BCUT2D eigenvalue weighted by Crippen LogP contribution is -2.43.